The van der Waals surface area contributed by atoms with E-state index in [2.05, 4.69) is 35.4 Å². The smallest absolute Gasteiger partial charge is 0.726 e. The topological polar surface area (TPSA) is 66.4 Å². The van der Waals surface area contributed by atoms with Crippen LogP contribution in [0.1, 0.15) is 20.3 Å². The van der Waals surface area contributed by atoms with Gasteiger partial charge >= 0.3 is 18.9 Å². The second-order valence-corrected chi connectivity index (χ2v) is 9.10. The van der Waals surface area contributed by atoms with Crippen LogP contribution in [0.3, 0.4) is 0 Å². The minimum atomic E-state index is -4.67. The molecule has 2 aromatic carbocycles. The van der Waals surface area contributed by atoms with Crippen molar-refractivity contribution in [1.82, 2.24) is 0 Å². The molecule has 4 nitrogen and oxygen atoms in total. The maximum Gasteiger partial charge on any atom is 1.00 e. The van der Waals surface area contributed by atoms with Gasteiger partial charge in [-0.3, -0.25) is 4.18 Å². The van der Waals surface area contributed by atoms with Crippen molar-refractivity contribution in [2.45, 2.75) is 32.0 Å². The Kier molecular flexibility index (Phi) is 8.66. The van der Waals surface area contributed by atoms with E-state index in [9.17, 15) is 13.0 Å². The van der Waals surface area contributed by atoms with Crippen LogP contribution in [0.15, 0.2) is 60.7 Å². The summed E-state index contributed by atoms with van der Waals surface area (Å²) in [6, 6.07) is 20.3. The number of hydrogen-bond donors (Lipinski definition) is 0. The minimum Gasteiger partial charge on any atom is -0.726 e. The van der Waals surface area contributed by atoms with Crippen LogP contribution >= 0.6 is 7.92 Å². The fourth-order valence-electron chi connectivity index (χ4n) is 2.66. The van der Waals surface area contributed by atoms with Crippen molar-refractivity contribution in [1.29, 1.82) is 0 Å². The van der Waals surface area contributed by atoms with Gasteiger partial charge in [-0.15, -0.1) is 0 Å². The fraction of sp³-hybridized carbons (Fsp3) is 0.294. The molecule has 7 heteroatoms. The molecule has 0 fully saturated rings. The zero-order chi connectivity index (χ0) is 16.9. The van der Waals surface area contributed by atoms with Crippen LogP contribution in [-0.4, -0.2) is 24.7 Å². The molecule has 2 unspecified atom stereocenters. The van der Waals surface area contributed by atoms with E-state index in [4.69, 9.17) is 0 Å². The molecule has 0 aromatic heterocycles. The van der Waals surface area contributed by atoms with E-state index in [1.54, 1.807) is 6.92 Å². The Morgan fingerprint density at radius 3 is 1.75 bits per heavy atom. The van der Waals surface area contributed by atoms with Crippen molar-refractivity contribution < 1.29 is 36.0 Å². The molecule has 2 aromatic rings. The molecule has 0 radical (unpaired) electrons. The zero-order valence-corrected chi connectivity index (χ0v) is 15.8. The van der Waals surface area contributed by atoms with Crippen LogP contribution < -0.4 is 29.5 Å². The summed E-state index contributed by atoms with van der Waals surface area (Å²) in [6.45, 7) is 3.69. The van der Waals surface area contributed by atoms with Crippen LogP contribution in [0.25, 0.3) is 0 Å². The first kappa shape index (κ1) is 21.4. The molecule has 2 rings (SSSR count). The minimum absolute atomic E-state index is 0. The standard InChI is InChI=1S/C17H21O4PS.Li/c1-14(21-23(18,19)20)13-15(2)22(16-9-5-3-6-10-16)17-11-7-4-8-12-17;/h3-12,14-15H,13H2,1-2H3,(H,18,19,20);/q;+1/p-1. The van der Waals surface area contributed by atoms with Gasteiger partial charge in [-0.2, -0.15) is 0 Å². The molecule has 0 saturated carbocycles. The quantitative estimate of drug-likeness (QED) is 0.297. The van der Waals surface area contributed by atoms with Gasteiger partial charge in [-0.1, -0.05) is 67.6 Å². The Balaban J connectivity index is 0.00000288. The summed E-state index contributed by atoms with van der Waals surface area (Å²) in [4.78, 5) is 0. The third-order valence-corrected chi connectivity index (χ3v) is 6.83. The van der Waals surface area contributed by atoms with Crippen molar-refractivity contribution in [3.63, 3.8) is 0 Å². The molecule has 0 N–H and O–H groups in total. The predicted molar refractivity (Wildman–Crippen MR) is 93.4 cm³/mol. The largest absolute Gasteiger partial charge is 1.00 e. The van der Waals surface area contributed by atoms with E-state index in [0.717, 1.165) is 0 Å². The number of hydrogen-bond acceptors (Lipinski definition) is 4. The van der Waals surface area contributed by atoms with Gasteiger partial charge in [0.1, 0.15) is 0 Å². The second kappa shape index (κ2) is 9.73. The van der Waals surface area contributed by atoms with Gasteiger partial charge in [0.2, 0.25) is 10.4 Å². The third kappa shape index (κ3) is 6.68. The predicted octanol–water partition coefficient (Wildman–Crippen LogP) is -0.233. The van der Waals surface area contributed by atoms with Crippen molar-refractivity contribution in [2.75, 3.05) is 0 Å². The van der Waals surface area contributed by atoms with Crippen LogP contribution in [0.2, 0.25) is 0 Å². The summed E-state index contributed by atoms with van der Waals surface area (Å²) in [7, 11) is -5.33. The molecule has 0 spiro atoms. The molecule has 124 valence electrons. The van der Waals surface area contributed by atoms with Crippen molar-refractivity contribution in [3.05, 3.63) is 60.7 Å². The molecule has 0 aliphatic rings. The molecule has 0 aliphatic heterocycles. The Bertz CT molecular complexity index is 670. The molecular formula is C17H20LiO4PS. The van der Waals surface area contributed by atoms with Gasteiger partial charge in [0.25, 0.3) is 0 Å². The Morgan fingerprint density at radius 2 is 1.38 bits per heavy atom. The Morgan fingerprint density at radius 1 is 0.958 bits per heavy atom. The van der Waals surface area contributed by atoms with E-state index in [-0.39, 0.29) is 24.5 Å². The van der Waals surface area contributed by atoms with Crippen LogP contribution in [0.4, 0.5) is 0 Å². The first-order chi connectivity index (χ1) is 10.9. The van der Waals surface area contributed by atoms with Gasteiger partial charge in [-0.25, -0.2) is 8.42 Å². The average molecular weight is 358 g/mol. The van der Waals surface area contributed by atoms with Gasteiger partial charge < -0.3 is 4.55 Å². The molecule has 0 saturated heterocycles. The van der Waals surface area contributed by atoms with Crippen LogP contribution in [-0.2, 0) is 14.6 Å². The van der Waals surface area contributed by atoms with E-state index >= 15 is 0 Å². The molecule has 0 aliphatic carbocycles. The van der Waals surface area contributed by atoms with Gasteiger partial charge in [0, 0.05) is 0 Å². The van der Waals surface area contributed by atoms with Gasteiger partial charge in [0.15, 0.2) is 0 Å². The molecule has 24 heavy (non-hydrogen) atoms. The van der Waals surface area contributed by atoms with E-state index in [1.807, 2.05) is 36.4 Å². The van der Waals surface area contributed by atoms with Crippen molar-refractivity contribution >= 4 is 28.9 Å². The summed E-state index contributed by atoms with van der Waals surface area (Å²) >= 11 is 0. The summed E-state index contributed by atoms with van der Waals surface area (Å²) < 4.78 is 36.8. The maximum absolute atomic E-state index is 10.8. The summed E-state index contributed by atoms with van der Waals surface area (Å²) in [6.07, 6.45) is -0.137. The summed E-state index contributed by atoms with van der Waals surface area (Å²) in [5, 5.41) is 2.44. The van der Waals surface area contributed by atoms with Gasteiger partial charge in [-0.05, 0) is 37.5 Å². The number of rotatable bonds is 7. The first-order valence-electron chi connectivity index (χ1n) is 7.40. The van der Waals surface area contributed by atoms with Crippen LogP contribution in [0, 0.1) is 0 Å². The van der Waals surface area contributed by atoms with Crippen molar-refractivity contribution in [3.8, 4) is 0 Å². The molecule has 0 amide bonds. The molecule has 0 heterocycles. The van der Waals surface area contributed by atoms with E-state index in [1.165, 1.54) is 10.6 Å². The van der Waals surface area contributed by atoms with E-state index < -0.39 is 24.4 Å². The fourth-order valence-corrected chi connectivity index (χ4v) is 5.95. The Hall–Kier alpha value is -0.663. The molecular weight excluding hydrogens is 338 g/mol. The number of benzene rings is 2. The third-order valence-electron chi connectivity index (χ3n) is 3.46. The normalized spacial score (nSPS) is 14.0. The maximum atomic E-state index is 10.8. The summed E-state index contributed by atoms with van der Waals surface area (Å²) in [5.74, 6) is 0. The van der Waals surface area contributed by atoms with Crippen molar-refractivity contribution in [2.24, 2.45) is 0 Å². The second-order valence-electron chi connectivity index (χ2n) is 5.44. The average Bonchev–Trinajstić information content (AvgIpc) is 2.47. The first-order valence-corrected chi connectivity index (χ1v) is 10.1. The molecule has 0 bridgehead atoms. The summed E-state index contributed by atoms with van der Waals surface area (Å²) in [5.41, 5.74) is 0.173. The van der Waals surface area contributed by atoms with Crippen LogP contribution in [0.5, 0.6) is 0 Å². The zero-order valence-electron chi connectivity index (χ0n) is 14.1. The SMILES string of the molecule is CC(CC(C)P(c1ccccc1)c1ccccc1)OS(=O)(=O)[O-].[Li+]. The Labute approximate surface area is 157 Å². The van der Waals surface area contributed by atoms with E-state index in [0.29, 0.717) is 6.42 Å². The molecule has 2 atom stereocenters. The monoisotopic (exact) mass is 358 g/mol. The van der Waals surface area contributed by atoms with Gasteiger partial charge in [0.05, 0.1) is 6.10 Å².